The van der Waals surface area contributed by atoms with E-state index in [0.717, 1.165) is 17.7 Å². The lowest BCUT2D eigenvalue weighted by Crippen LogP contribution is -1.99. The van der Waals surface area contributed by atoms with Gasteiger partial charge in [0, 0.05) is 17.7 Å². The molecule has 0 unspecified atom stereocenters. The van der Waals surface area contributed by atoms with E-state index in [1.807, 2.05) is 36.4 Å². The Kier molecular flexibility index (Phi) is 3.92. The van der Waals surface area contributed by atoms with Gasteiger partial charge in [0.05, 0.1) is 0 Å². The fraction of sp³-hybridized carbons (Fsp3) is 0.150. The second-order valence-electron chi connectivity index (χ2n) is 5.58. The standard InChI is InChI=1S/C20H19NO/c1-14-7-6-8-15(2)18(14)13-17-11-12-19(22)20(21-17)16-9-4-3-5-10-16/h3-12,22H,13H2,1-2H3. The molecular formula is C20H19NO. The van der Waals surface area contributed by atoms with Crippen molar-refractivity contribution >= 4 is 0 Å². The molecule has 3 aromatic rings. The summed E-state index contributed by atoms with van der Waals surface area (Å²) in [6.45, 7) is 4.25. The molecule has 2 nitrogen and oxygen atoms in total. The van der Waals surface area contributed by atoms with E-state index in [1.54, 1.807) is 6.07 Å². The van der Waals surface area contributed by atoms with E-state index in [9.17, 15) is 5.11 Å². The van der Waals surface area contributed by atoms with Gasteiger partial charge in [-0.25, -0.2) is 4.98 Å². The third kappa shape index (κ3) is 2.86. The van der Waals surface area contributed by atoms with Crippen molar-refractivity contribution < 1.29 is 5.11 Å². The first kappa shape index (κ1) is 14.3. The topological polar surface area (TPSA) is 33.1 Å². The smallest absolute Gasteiger partial charge is 0.141 e. The Labute approximate surface area is 131 Å². The third-order valence-electron chi connectivity index (χ3n) is 3.98. The highest BCUT2D eigenvalue weighted by atomic mass is 16.3. The molecule has 0 fully saturated rings. The van der Waals surface area contributed by atoms with Crippen LogP contribution in [-0.2, 0) is 6.42 Å². The molecule has 0 amide bonds. The van der Waals surface area contributed by atoms with Crippen LogP contribution in [-0.4, -0.2) is 10.1 Å². The minimum absolute atomic E-state index is 0.219. The van der Waals surface area contributed by atoms with Crippen molar-refractivity contribution in [2.24, 2.45) is 0 Å². The molecule has 0 bridgehead atoms. The Morgan fingerprint density at radius 1 is 0.818 bits per heavy atom. The Morgan fingerprint density at radius 3 is 2.18 bits per heavy atom. The summed E-state index contributed by atoms with van der Waals surface area (Å²) in [6.07, 6.45) is 0.776. The Morgan fingerprint density at radius 2 is 1.50 bits per heavy atom. The Hall–Kier alpha value is -2.61. The Bertz CT molecular complexity index is 774. The van der Waals surface area contributed by atoms with Gasteiger partial charge in [0.1, 0.15) is 11.4 Å². The lowest BCUT2D eigenvalue weighted by molar-refractivity contribution is 0.474. The Balaban J connectivity index is 2.00. The predicted octanol–water partition coefficient (Wildman–Crippen LogP) is 4.66. The lowest BCUT2D eigenvalue weighted by Gasteiger charge is -2.11. The van der Waals surface area contributed by atoms with Gasteiger partial charge in [0.25, 0.3) is 0 Å². The average Bonchev–Trinajstić information content (AvgIpc) is 2.53. The molecule has 2 heteroatoms. The zero-order chi connectivity index (χ0) is 15.5. The highest BCUT2D eigenvalue weighted by molar-refractivity contribution is 5.65. The largest absolute Gasteiger partial charge is 0.506 e. The molecule has 0 atom stereocenters. The van der Waals surface area contributed by atoms with Crippen LogP contribution in [0.2, 0.25) is 0 Å². The van der Waals surface area contributed by atoms with E-state index in [4.69, 9.17) is 0 Å². The summed E-state index contributed by atoms with van der Waals surface area (Å²) in [5.41, 5.74) is 6.40. The van der Waals surface area contributed by atoms with E-state index in [1.165, 1.54) is 16.7 Å². The van der Waals surface area contributed by atoms with Gasteiger partial charge in [-0.1, -0.05) is 48.5 Å². The number of nitrogens with zero attached hydrogens (tertiary/aromatic N) is 1. The van der Waals surface area contributed by atoms with Crippen molar-refractivity contribution in [1.29, 1.82) is 0 Å². The van der Waals surface area contributed by atoms with E-state index in [-0.39, 0.29) is 5.75 Å². The molecular weight excluding hydrogens is 270 g/mol. The second kappa shape index (κ2) is 6.02. The maximum absolute atomic E-state index is 10.1. The first-order valence-corrected chi connectivity index (χ1v) is 7.44. The van der Waals surface area contributed by atoms with Crippen LogP contribution in [0.5, 0.6) is 5.75 Å². The van der Waals surface area contributed by atoms with E-state index < -0.39 is 0 Å². The number of pyridine rings is 1. The van der Waals surface area contributed by atoms with Crippen LogP contribution in [0.4, 0.5) is 0 Å². The molecule has 0 radical (unpaired) electrons. The van der Waals surface area contributed by atoms with Crippen molar-refractivity contribution in [2.45, 2.75) is 20.3 Å². The van der Waals surface area contributed by atoms with Gasteiger partial charge in [0.15, 0.2) is 0 Å². The minimum Gasteiger partial charge on any atom is -0.506 e. The number of hydrogen-bond donors (Lipinski definition) is 1. The maximum atomic E-state index is 10.1. The zero-order valence-electron chi connectivity index (χ0n) is 12.9. The van der Waals surface area contributed by atoms with Crippen LogP contribution in [0.15, 0.2) is 60.7 Å². The molecule has 2 aromatic carbocycles. The number of rotatable bonds is 3. The van der Waals surface area contributed by atoms with Gasteiger partial charge < -0.3 is 5.11 Å². The first-order valence-electron chi connectivity index (χ1n) is 7.44. The van der Waals surface area contributed by atoms with Crippen molar-refractivity contribution in [3.63, 3.8) is 0 Å². The molecule has 0 saturated carbocycles. The van der Waals surface area contributed by atoms with Crippen molar-refractivity contribution in [3.8, 4) is 17.0 Å². The lowest BCUT2D eigenvalue weighted by atomic mass is 9.98. The second-order valence-corrected chi connectivity index (χ2v) is 5.58. The molecule has 0 aliphatic carbocycles. The van der Waals surface area contributed by atoms with Gasteiger partial charge in [0.2, 0.25) is 0 Å². The predicted molar refractivity (Wildman–Crippen MR) is 90.1 cm³/mol. The molecule has 1 aromatic heterocycles. The summed E-state index contributed by atoms with van der Waals surface area (Å²) in [7, 11) is 0. The summed E-state index contributed by atoms with van der Waals surface area (Å²) in [6, 6.07) is 19.8. The highest BCUT2D eigenvalue weighted by Crippen LogP contribution is 2.28. The molecule has 22 heavy (non-hydrogen) atoms. The molecule has 110 valence electrons. The van der Waals surface area contributed by atoms with Crippen molar-refractivity contribution in [2.75, 3.05) is 0 Å². The third-order valence-corrected chi connectivity index (χ3v) is 3.98. The average molecular weight is 289 g/mol. The summed E-state index contributed by atoms with van der Waals surface area (Å²) >= 11 is 0. The molecule has 3 rings (SSSR count). The molecule has 0 aliphatic rings. The van der Waals surface area contributed by atoms with Gasteiger partial charge >= 0.3 is 0 Å². The first-order chi connectivity index (χ1) is 10.6. The number of aromatic hydroxyl groups is 1. The van der Waals surface area contributed by atoms with Crippen LogP contribution in [0.1, 0.15) is 22.4 Å². The molecule has 1 heterocycles. The van der Waals surface area contributed by atoms with E-state index in [0.29, 0.717) is 5.69 Å². The number of benzene rings is 2. The van der Waals surface area contributed by atoms with Crippen molar-refractivity contribution in [3.05, 3.63) is 83.0 Å². The number of aromatic nitrogens is 1. The number of hydrogen-bond acceptors (Lipinski definition) is 2. The van der Waals surface area contributed by atoms with Gasteiger partial charge in [-0.15, -0.1) is 0 Å². The molecule has 0 spiro atoms. The molecule has 0 saturated heterocycles. The highest BCUT2D eigenvalue weighted by Gasteiger charge is 2.09. The number of aryl methyl sites for hydroxylation is 2. The van der Waals surface area contributed by atoms with Gasteiger partial charge in [-0.05, 0) is 42.7 Å². The van der Waals surface area contributed by atoms with Crippen LogP contribution in [0.25, 0.3) is 11.3 Å². The summed E-state index contributed by atoms with van der Waals surface area (Å²) in [4.78, 5) is 4.67. The minimum atomic E-state index is 0.219. The van der Waals surface area contributed by atoms with Crippen LogP contribution in [0.3, 0.4) is 0 Å². The van der Waals surface area contributed by atoms with E-state index in [2.05, 4.69) is 37.0 Å². The normalized spacial score (nSPS) is 10.6. The fourth-order valence-electron chi connectivity index (χ4n) is 2.71. The summed E-state index contributed by atoms with van der Waals surface area (Å²) in [5, 5.41) is 10.1. The van der Waals surface area contributed by atoms with Crippen molar-refractivity contribution in [1.82, 2.24) is 4.98 Å². The maximum Gasteiger partial charge on any atom is 0.141 e. The van der Waals surface area contributed by atoms with Crippen LogP contribution >= 0.6 is 0 Å². The monoisotopic (exact) mass is 289 g/mol. The fourth-order valence-corrected chi connectivity index (χ4v) is 2.71. The quantitative estimate of drug-likeness (QED) is 0.760. The SMILES string of the molecule is Cc1cccc(C)c1Cc1ccc(O)c(-c2ccccc2)n1. The van der Waals surface area contributed by atoms with Gasteiger partial charge in [-0.2, -0.15) is 0 Å². The molecule has 1 N–H and O–H groups in total. The van der Waals surface area contributed by atoms with Crippen LogP contribution in [0, 0.1) is 13.8 Å². The van der Waals surface area contributed by atoms with E-state index >= 15 is 0 Å². The van der Waals surface area contributed by atoms with Crippen LogP contribution < -0.4 is 0 Å². The van der Waals surface area contributed by atoms with Gasteiger partial charge in [-0.3, -0.25) is 0 Å². The summed E-state index contributed by atoms with van der Waals surface area (Å²) in [5.74, 6) is 0.219. The summed E-state index contributed by atoms with van der Waals surface area (Å²) < 4.78 is 0. The zero-order valence-corrected chi connectivity index (χ0v) is 12.9. The molecule has 0 aliphatic heterocycles.